The van der Waals surface area contributed by atoms with Gasteiger partial charge in [0.15, 0.2) is 0 Å². The summed E-state index contributed by atoms with van der Waals surface area (Å²) in [6, 6.07) is 0. The summed E-state index contributed by atoms with van der Waals surface area (Å²) in [5.41, 5.74) is 1.55. The Kier molecular flexibility index (Phi) is 8.78. The van der Waals surface area contributed by atoms with Crippen LogP contribution in [0.25, 0.3) is 0 Å². The van der Waals surface area contributed by atoms with Gasteiger partial charge in [-0.05, 0) is 37.0 Å². The maximum Gasteiger partial charge on any atom is 0.302 e. The summed E-state index contributed by atoms with van der Waals surface area (Å²) in [4.78, 5) is 10.7. The van der Waals surface area contributed by atoms with E-state index in [0.717, 1.165) is 6.42 Å². The SMILES string of the molecule is CC(=O)OCCC(C)C=C(CC(C)C)CC(C)C. The Balaban J connectivity index is 4.28. The molecule has 1 unspecified atom stereocenters. The van der Waals surface area contributed by atoms with E-state index in [-0.39, 0.29) is 5.97 Å². The van der Waals surface area contributed by atoms with E-state index in [4.69, 9.17) is 4.74 Å². The molecule has 0 aliphatic heterocycles. The molecule has 0 saturated carbocycles. The molecule has 0 fully saturated rings. The van der Waals surface area contributed by atoms with Crippen molar-refractivity contribution >= 4 is 5.97 Å². The summed E-state index contributed by atoms with van der Waals surface area (Å²) in [6.07, 6.45) is 5.65. The third-order valence-electron chi connectivity index (χ3n) is 2.74. The van der Waals surface area contributed by atoms with Crippen molar-refractivity contribution in [1.29, 1.82) is 0 Å². The molecule has 0 N–H and O–H groups in total. The van der Waals surface area contributed by atoms with Crippen LogP contribution in [0.5, 0.6) is 0 Å². The molecule has 2 nitrogen and oxygen atoms in total. The molecule has 106 valence electrons. The summed E-state index contributed by atoms with van der Waals surface area (Å²) in [5, 5.41) is 0. The largest absolute Gasteiger partial charge is 0.466 e. The first-order valence-corrected chi connectivity index (χ1v) is 7.14. The van der Waals surface area contributed by atoms with Crippen molar-refractivity contribution < 1.29 is 9.53 Å². The van der Waals surface area contributed by atoms with E-state index in [2.05, 4.69) is 40.7 Å². The number of esters is 1. The van der Waals surface area contributed by atoms with Crippen LogP contribution in [0.4, 0.5) is 0 Å². The Labute approximate surface area is 113 Å². The molecule has 2 heteroatoms. The predicted octanol–water partition coefficient (Wildman–Crippen LogP) is 4.59. The van der Waals surface area contributed by atoms with Gasteiger partial charge < -0.3 is 4.74 Å². The summed E-state index contributed by atoms with van der Waals surface area (Å²) in [5.74, 6) is 1.71. The predicted molar refractivity (Wildman–Crippen MR) is 77.4 cm³/mol. The minimum absolute atomic E-state index is 0.184. The lowest BCUT2D eigenvalue weighted by Gasteiger charge is -2.15. The van der Waals surface area contributed by atoms with Gasteiger partial charge in [0, 0.05) is 6.92 Å². The van der Waals surface area contributed by atoms with E-state index in [9.17, 15) is 4.79 Å². The number of rotatable bonds is 8. The van der Waals surface area contributed by atoms with Gasteiger partial charge in [-0.2, -0.15) is 0 Å². The zero-order valence-electron chi connectivity index (χ0n) is 13.0. The van der Waals surface area contributed by atoms with E-state index in [1.165, 1.54) is 19.8 Å². The maximum atomic E-state index is 10.7. The van der Waals surface area contributed by atoms with Crippen LogP contribution in [0, 0.1) is 17.8 Å². The normalized spacial score (nSPS) is 12.7. The highest BCUT2D eigenvalue weighted by Crippen LogP contribution is 2.21. The lowest BCUT2D eigenvalue weighted by atomic mass is 9.92. The number of ether oxygens (including phenoxy) is 1. The van der Waals surface area contributed by atoms with Crippen LogP contribution in [0.15, 0.2) is 11.6 Å². The van der Waals surface area contributed by atoms with Crippen molar-refractivity contribution in [3.05, 3.63) is 11.6 Å². The molecule has 0 aliphatic rings. The Morgan fingerprint density at radius 1 is 1.06 bits per heavy atom. The topological polar surface area (TPSA) is 26.3 Å². The van der Waals surface area contributed by atoms with Gasteiger partial charge in [-0.1, -0.05) is 46.3 Å². The molecule has 0 aliphatic carbocycles. The van der Waals surface area contributed by atoms with Gasteiger partial charge in [-0.15, -0.1) is 0 Å². The van der Waals surface area contributed by atoms with Crippen molar-refractivity contribution in [2.24, 2.45) is 17.8 Å². The van der Waals surface area contributed by atoms with E-state index in [1.54, 1.807) is 5.57 Å². The quantitative estimate of drug-likeness (QED) is 0.467. The van der Waals surface area contributed by atoms with Crippen LogP contribution in [0.3, 0.4) is 0 Å². The number of carbonyl (C=O) groups is 1. The highest BCUT2D eigenvalue weighted by Gasteiger charge is 2.07. The smallest absolute Gasteiger partial charge is 0.302 e. The molecule has 18 heavy (non-hydrogen) atoms. The van der Waals surface area contributed by atoms with Crippen LogP contribution in [0.1, 0.15) is 60.8 Å². The summed E-state index contributed by atoms with van der Waals surface area (Å²) in [6.45, 7) is 13.2. The molecule has 0 rings (SSSR count). The molecular formula is C16H30O2. The van der Waals surface area contributed by atoms with E-state index in [1.807, 2.05) is 0 Å². The number of allylic oxidation sites excluding steroid dienone is 2. The fraction of sp³-hybridized carbons (Fsp3) is 0.812. The lowest BCUT2D eigenvalue weighted by molar-refractivity contribution is -0.141. The van der Waals surface area contributed by atoms with Crippen LogP contribution in [0.2, 0.25) is 0 Å². The van der Waals surface area contributed by atoms with Crippen molar-refractivity contribution in [1.82, 2.24) is 0 Å². The second kappa shape index (κ2) is 9.18. The first-order chi connectivity index (χ1) is 8.31. The standard InChI is InChI=1S/C16H30O2/c1-12(2)9-16(10-13(3)4)11-14(5)7-8-18-15(6)17/h11-14H,7-10H2,1-6H3. The third-order valence-corrected chi connectivity index (χ3v) is 2.74. The average Bonchev–Trinajstić information content (AvgIpc) is 2.13. The minimum atomic E-state index is -0.184. The first-order valence-electron chi connectivity index (χ1n) is 7.14. The Bertz CT molecular complexity index is 252. The van der Waals surface area contributed by atoms with Crippen LogP contribution >= 0.6 is 0 Å². The summed E-state index contributed by atoms with van der Waals surface area (Å²) in [7, 11) is 0. The van der Waals surface area contributed by atoms with Gasteiger partial charge in [0.2, 0.25) is 0 Å². The molecule has 0 bridgehead atoms. The van der Waals surface area contributed by atoms with Gasteiger partial charge in [-0.3, -0.25) is 4.79 Å². The van der Waals surface area contributed by atoms with Crippen LogP contribution in [-0.2, 0) is 9.53 Å². The van der Waals surface area contributed by atoms with E-state index >= 15 is 0 Å². The first kappa shape index (κ1) is 17.2. The Morgan fingerprint density at radius 3 is 1.94 bits per heavy atom. The van der Waals surface area contributed by atoms with Crippen LogP contribution < -0.4 is 0 Å². The lowest BCUT2D eigenvalue weighted by Crippen LogP contribution is -2.05. The molecule has 0 aromatic carbocycles. The van der Waals surface area contributed by atoms with E-state index < -0.39 is 0 Å². The number of hydrogen-bond donors (Lipinski definition) is 0. The Hall–Kier alpha value is -0.790. The van der Waals surface area contributed by atoms with Gasteiger partial charge in [0.05, 0.1) is 6.61 Å². The zero-order chi connectivity index (χ0) is 14.1. The van der Waals surface area contributed by atoms with Gasteiger partial charge >= 0.3 is 5.97 Å². The summed E-state index contributed by atoms with van der Waals surface area (Å²) >= 11 is 0. The second-order valence-corrected chi connectivity index (χ2v) is 6.13. The van der Waals surface area contributed by atoms with Crippen LogP contribution in [-0.4, -0.2) is 12.6 Å². The van der Waals surface area contributed by atoms with Crippen molar-refractivity contribution in [3.8, 4) is 0 Å². The monoisotopic (exact) mass is 254 g/mol. The highest BCUT2D eigenvalue weighted by molar-refractivity contribution is 5.65. The molecule has 0 aromatic heterocycles. The minimum Gasteiger partial charge on any atom is -0.466 e. The molecular weight excluding hydrogens is 224 g/mol. The molecule has 0 heterocycles. The molecule has 0 saturated heterocycles. The van der Waals surface area contributed by atoms with Crippen molar-refractivity contribution in [3.63, 3.8) is 0 Å². The fourth-order valence-corrected chi connectivity index (χ4v) is 2.14. The molecule has 0 aromatic rings. The number of hydrogen-bond acceptors (Lipinski definition) is 2. The highest BCUT2D eigenvalue weighted by atomic mass is 16.5. The van der Waals surface area contributed by atoms with Crippen molar-refractivity contribution in [2.75, 3.05) is 6.61 Å². The molecule has 1 atom stereocenters. The third kappa shape index (κ3) is 10.4. The van der Waals surface area contributed by atoms with Gasteiger partial charge in [-0.25, -0.2) is 0 Å². The second-order valence-electron chi connectivity index (χ2n) is 6.13. The van der Waals surface area contributed by atoms with Gasteiger partial charge in [0.1, 0.15) is 0 Å². The molecule has 0 radical (unpaired) electrons. The fourth-order valence-electron chi connectivity index (χ4n) is 2.14. The average molecular weight is 254 g/mol. The summed E-state index contributed by atoms with van der Waals surface area (Å²) < 4.78 is 4.99. The van der Waals surface area contributed by atoms with Gasteiger partial charge in [0.25, 0.3) is 0 Å². The van der Waals surface area contributed by atoms with Crippen molar-refractivity contribution in [2.45, 2.75) is 60.8 Å². The molecule has 0 spiro atoms. The Morgan fingerprint density at radius 2 is 1.56 bits per heavy atom. The zero-order valence-corrected chi connectivity index (χ0v) is 13.0. The number of carbonyl (C=O) groups excluding carboxylic acids is 1. The van der Waals surface area contributed by atoms with E-state index in [0.29, 0.717) is 24.4 Å². The maximum absolute atomic E-state index is 10.7. The molecule has 0 amide bonds.